The highest BCUT2D eigenvalue weighted by Gasteiger charge is 1.94. The Hall–Kier alpha value is -0.485. The lowest BCUT2D eigenvalue weighted by Gasteiger charge is -2.29. The number of nitrogens with zero attached hydrogens (tertiary/aromatic N) is 2. The summed E-state index contributed by atoms with van der Waals surface area (Å²) in [5, 5.41) is 8.19. The molecule has 0 rings (SSSR count). The van der Waals surface area contributed by atoms with Gasteiger partial charge in [-0.25, -0.2) is 5.26 Å². The molecule has 40 valence electrons. The lowest BCUT2D eigenvalue weighted by Crippen LogP contribution is -2.37. The summed E-state index contributed by atoms with van der Waals surface area (Å²) in [7, 11) is 5.75. The Morgan fingerprint density at radius 3 is 1.86 bits per heavy atom. The van der Waals surface area contributed by atoms with Crippen molar-refractivity contribution in [3.63, 3.8) is 0 Å². The largest absolute Gasteiger partial charge is 0.516 e. The predicted molar refractivity (Wildman–Crippen MR) is 32.2 cm³/mol. The smallest absolute Gasteiger partial charge is 0.281 e. The molecule has 3 heteroatoms. The van der Waals surface area contributed by atoms with Gasteiger partial charge in [0.05, 0.1) is 0 Å². The SMILES string of the molecule is C[N+](C)(C)[BH2-]C#N. The molecule has 0 radical (unpaired) electrons. The number of hydrogen-bond donors (Lipinski definition) is 0. The molecule has 0 amide bonds. The summed E-state index contributed by atoms with van der Waals surface area (Å²) in [4.78, 5) is 0. The van der Waals surface area contributed by atoms with Crippen LogP contribution in [0.15, 0.2) is 0 Å². The van der Waals surface area contributed by atoms with Crippen LogP contribution in [0.2, 0.25) is 0 Å². The van der Waals surface area contributed by atoms with E-state index in [1.165, 1.54) is 0 Å². The van der Waals surface area contributed by atoms with E-state index in [9.17, 15) is 0 Å². The molecule has 0 fully saturated rings. The molecule has 0 aliphatic heterocycles. The van der Waals surface area contributed by atoms with Gasteiger partial charge in [-0.15, -0.1) is 0 Å². The molecule has 0 saturated heterocycles. The third kappa shape index (κ3) is 5.51. The van der Waals surface area contributed by atoms with Gasteiger partial charge in [0.1, 0.15) is 0 Å². The van der Waals surface area contributed by atoms with E-state index in [-0.39, 0.29) is 7.41 Å². The van der Waals surface area contributed by atoms with Crippen molar-refractivity contribution in [3.8, 4) is 5.97 Å². The van der Waals surface area contributed by atoms with Gasteiger partial charge in [0, 0.05) is 21.1 Å². The van der Waals surface area contributed by atoms with Crippen LogP contribution in [-0.2, 0) is 0 Å². The fourth-order valence-electron chi connectivity index (χ4n) is 0.300. The van der Waals surface area contributed by atoms with Crippen molar-refractivity contribution in [1.82, 2.24) is 0 Å². The van der Waals surface area contributed by atoms with Crippen LogP contribution < -0.4 is 0 Å². The summed E-state index contributed by atoms with van der Waals surface area (Å²) >= 11 is 0. The minimum Gasteiger partial charge on any atom is -0.516 e. The Morgan fingerprint density at radius 2 is 1.86 bits per heavy atom. The van der Waals surface area contributed by atoms with E-state index >= 15 is 0 Å². The number of rotatable bonds is 1. The van der Waals surface area contributed by atoms with Gasteiger partial charge in [-0.3, -0.25) is 0 Å². The van der Waals surface area contributed by atoms with E-state index in [4.69, 9.17) is 5.26 Å². The lowest BCUT2D eigenvalue weighted by atomic mass is 9.93. The zero-order valence-corrected chi connectivity index (χ0v) is 5.39. The standard InChI is InChI=1S/C4H11BN2/c1-7(2,3)5-4-6/h5H2,1-3H3. The fraction of sp³-hybridized carbons (Fsp3) is 0.750. The summed E-state index contributed by atoms with van der Waals surface area (Å²) < 4.78 is 0.858. The van der Waals surface area contributed by atoms with Gasteiger partial charge in [0.2, 0.25) is 0 Å². The van der Waals surface area contributed by atoms with Crippen molar-refractivity contribution >= 4 is 7.41 Å². The van der Waals surface area contributed by atoms with Gasteiger partial charge in [0.25, 0.3) is 7.41 Å². The molecule has 0 aliphatic carbocycles. The van der Waals surface area contributed by atoms with Crippen molar-refractivity contribution in [3.05, 3.63) is 0 Å². The number of quaternary nitrogens is 1. The van der Waals surface area contributed by atoms with E-state index in [1.807, 2.05) is 21.1 Å². The van der Waals surface area contributed by atoms with Crippen LogP contribution in [0.4, 0.5) is 0 Å². The van der Waals surface area contributed by atoms with E-state index < -0.39 is 0 Å². The first-order valence-corrected chi connectivity index (χ1v) is 2.51. The molecular weight excluding hydrogens is 86.9 g/mol. The number of hydrogen-bond acceptors (Lipinski definition) is 1. The Balaban J connectivity index is 3.40. The van der Waals surface area contributed by atoms with Crippen molar-refractivity contribution < 1.29 is 4.39 Å². The first kappa shape index (κ1) is 6.51. The van der Waals surface area contributed by atoms with Gasteiger partial charge in [-0.2, -0.15) is 0 Å². The third-order valence-electron chi connectivity index (χ3n) is 0.771. The van der Waals surface area contributed by atoms with Crippen LogP contribution in [0.25, 0.3) is 0 Å². The first-order valence-electron chi connectivity index (χ1n) is 2.51. The Bertz CT molecular complexity index is 86.8. The molecule has 0 bridgehead atoms. The Kier molecular flexibility index (Phi) is 1.85. The topological polar surface area (TPSA) is 23.8 Å². The van der Waals surface area contributed by atoms with Crippen LogP contribution in [0.1, 0.15) is 0 Å². The van der Waals surface area contributed by atoms with Crippen molar-refractivity contribution in [2.75, 3.05) is 21.1 Å². The second-order valence-corrected chi connectivity index (χ2v) is 3.13. The average molecular weight is 98.0 g/mol. The molecule has 2 nitrogen and oxygen atoms in total. The molecule has 0 spiro atoms. The molecule has 0 aromatic rings. The second-order valence-electron chi connectivity index (χ2n) is 3.13. The van der Waals surface area contributed by atoms with Crippen LogP contribution in [-0.4, -0.2) is 33.0 Å². The van der Waals surface area contributed by atoms with Crippen LogP contribution in [0, 0.1) is 11.2 Å². The first-order chi connectivity index (χ1) is 3.06. The Labute approximate surface area is 45.2 Å². The van der Waals surface area contributed by atoms with Gasteiger partial charge >= 0.3 is 0 Å². The monoisotopic (exact) mass is 98.1 g/mol. The highest BCUT2D eigenvalue weighted by atomic mass is 15.2. The highest BCUT2D eigenvalue weighted by molar-refractivity contribution is 6.36. The molecule has 0 aromatic carbocycles. The Morgan fingerprint density at radius 1 is 1.43 bits per heavy atom. The second kappa shape index (κ2) is 1.99. The average Bonchev–Trinajstić information content (AvgIpc) is 1.30. The molecule has 0 heterocycles. The molecule has 0 N–H and O–H groups in total. The number of nitriles is 1. The summed E-state index contributed by atoms with van der Waals surface area (Å²) in [5.41, 5.74) is 0. The van der Waals surface area contributed by atoms with Gasteiger partial charge < -0.3 is 4.39 Å². The van der Waals surface area contributed by atoms with Crippen LogP contribution in [0.3, 0.4) is 0 Å². The molecule has 0 saturated carbocycles. The van der Waals surface area contributed by atoms with Crippen molar-refractivity contribution in [2.45, 2.75) is 0 Å². The molecule has 0 unspecified atom stereocenters. The maximum Gasteiger partial charge on any atom is 0.281 e. The molecule has 0 atom stereocenters. The van der Waals surface area contributed by atoms with Crippen LogP contribution in [0.5, 0.6) is 0 Å². The highest BCUT2D eigenvalue weighted by Crippen LogP contribution is 1.80. The zero-order valence-electron chi connectivity index (χ0n) is 5.39. The molecule has 0 aromatic heterocycles. The van der Waals surface area contributed by atoms with E-state index in [2.05, 4.69) is 5.97 Å². The molecule has 7 heavy (non-hydrogen) atoms. The molecule has 0 aliphatic rings. The summed E-state index contributed by atoms with van der Waals surface area (Å²) in [6, 6.07) is 0. The van der Waals surface area contributed by atoms with Gasteiger partial charge in [0.15, 0.2) is 0 Å². The lowest BCUT2D eigenvalue weighted by molar-refractivity contribution is -0.753. The van der Waals surface area contributed by atoms with Gasteiger partial charge in [-0.05, 0) is 0 Å². The normalized spacial score (nSPS) is 10.6. The van der Waals surface area contributed by atoms with Crippen LogP contribution >= 0.6 is 0 Å². The summed E-state index contributed by atoms with van der Waals surface area (Å²) in [6.07, 6.45) is 0. The summed E-state index contributed by atoms with van der Waals surface area (Å²) in [6.45, 7) is 0. The fourth-order valence-corrected chi connectivity index (χ4v) is 0.300. The van der Waals surface area contributed by atoms with Gasteiger partial charge in [-0.1, -0.05) is 5.97 Å². The third-order valence-corrected chi connectivity index (χ3v) is 0.771. The predicted octanol–water partition coefficient (Wildman–Crippen LogP) is -0.743. The van der Waals surface area contributed by atoms with E-state index in [1.54, 1.807) is 0 Å². The van der Waals surface area contributed by atoms with Crippen molar-refractivity contribution in [2.24, 2.45) is 0 Å². The minimum atomic E-state index is -0.389. The van der Waals surface area contributed by atoms with Crippen molar-refractivity contribution in [1.29, 1.82) is 5.26 Å². The summed E-state index contributed by atoms with van der Waals surface area (Å²) in [5.74, 6) is 2.20. The van der Waals surface area contributed by atoms with E-state index in [0.29, 0.717) is 0 Å². The quantitative estimate of drug-likeness (QED) is 0.396. The maximum atomic E-state index is 8.19. The van der Waals surface area contributed by atoms with E-state index in [0.717, 1.165) is 4.39 Å². The molecular formula is C4H11BN2. The zero-order chi connectivity index (χ0) is 5.91. The minimum absolute atomic E-state index is 0.389. The maximum absolute atomic E-state index is 8.19.